The number of hydrogen-bond donors (Lipinski definition) is 0. The number of methoxy groups -OCH3 is 2. The molecule has 25 heavy (non-hydrogen) atoms. The van der Waals surface area contributed by atoms with Gasteiger partial charge in [0, 0.05) is 12.1 Å². The molecule has 2 aromatic carbocycles. The summed E-state index contributed by atoms with van der Waals surface area (Å²) in [5.41, 5.74) is 1.94. The van der Waals surface area contributed by atoms with Crippen LogP contribution in [-0.4, -0.2) is 32.4 Å². The van der Waals surface area contributed by atoms with Gasteiger partial charge in [-0.1, -0.05) is 36.4 Å². The first kappa shape index (κ1) is 17.0. The Balaban J connectivity index is 1.71. The molecule has 0 amide bonds. The molecule has 0 aromatic heterocycles. The van der Waals surface area contributed by atoms with Crippen molar-refractivity contribution < 1.29 is 19.0 Å². The van der Waals surface area contributed by atoms with E-state index in [-0.39, 0.29) is 18.5 Å². The van der Waals surface area contributed by atoms with Crippen molar-refractivity contribution in [3.63, 3.8) is 0 Å². The maximum absolute atomic E-state index is 12.5. The maximum Gasteiger partial charge on any atom is 0.331 e. The number of esters is 1. The van der Waals surface area contributed by atoms with E-state index in [0.717, 1.165) is 11.1 Å². The van der Waals surface area contributed by atoms with Crippen LogP contribution in [0.4, 0.5) is 0 Å². The molecule has 0 radical (unpaired) electrons. The van der Waals surface area contributed by atoms with Crippen LogP contribution in [-0.2, 0) is 16.1 Å². The van der Waals surface area contributed by atoms with Gasteiger partial charge in [0.1, 0.15) is 6.61 Å². The predicted molar refractivity (Wildman–Crippen MR) is 95.4 cm³/mol. The highest BCUT2D eigenvalue weighted by Gasteiger charge is 2.33. The Kier molecular flexibility index (Phi) is 5.33. The summed E-state index contributed by atoms with van der Waals surface area (Å²) in [5, 5.41) is 0. The smallest absolute Gasteiger partial charge is 0.331 e. The minimum atomic E-state index is -0.526. The van der Waals surface area contributed by atoms with Gasteiger partial charge in [-0.25, -0.2) is 4.79 Å². The minimum Gasteiger partial charge on any atom is -0.493 e. The number of rotatable bonds is 6. The van der Waals surface area contributed by atoms with Gasteiger partial charge < -0.3 is 14.2 Å². The van der Waals surface area contributed by atoms with Crippen molar-refractivity contribution >= 4 is 12.2 Å². The fourth-order valence-electron chi connectivity index (χ4n) is 2.96. The Morgan fingerprint density at radius 3 is 2.56 bits per heavy atom. The monoisotopic (exact) mass is 339 g/mol. The highest BCUT2D eigenvalue weighted by atomic mass is 16.5. The zero-order chi connectivity index (χ0) is 17.6. The zero-order valence-corrected chi connectivity index (χ0v) is 14.3. The lowest BCUT2D eigenvalue weighted by Gasteiger charge is -2.19. The molecule has 0 saturated carbocycles. The zero-order valence-electron chi connectivity index (χ0n) is 14.3. The number of aliphatic imine (C=N–C) groups is 1. The number of benzene rings is 2. The van der Waals surface area contributed by atoms with E-state index >= 15 is 0 Å². The van der Waals surface area contributed by atoms with Crippen molar-refractivity contribution in [3.05, 3.63) is 59.7 Å². The van der Waals surface area contributed by atoms with Gasteiger partial charge in [0.15, 0.2) is 17.5 Å². The minimum absolute atomic E-state index is 0.0527. The van der Waals surface area contributed by atoms with Crippen LogP contribution in [0.25, 0.3) is 0 Å². The Morgan fingerprint density at radius 2 is 1.84 bits per heavy atom. The maximum atomic E-state index is 12.5. The van der Waals surface area contributed by atoms with Gasteiger partial charge in [-0.2, -0.15) is 0 Å². The Hall–Kier alpha value is -2.82. The van der Waals surface area contributed by atoms with Crippen LogP contribution >= 0.6 is 0 Å². The molecule has 2 aromatic rings. The van der Waals surface area contributed by atoms with Crippen LogP contribution in [0.2, 0.25) is 0 Å². The highest BCUT2D eigenvalue weighted by molar-refractivity contribution is 5.82. The predicted octanol–water partition coefficient (Wildman–Crippen LogP) is 3.37. The first-order valence-corrected chi connectivity index (χ1v) is 8.17. The van der Waals surface area contributed by atoms with Crippen LogP contribution in [0.3, 0.4) is 0 Å². The fraction of sp³-hybridized carbons (Fsp3) is 0.300. The molecular weight excluding hydrogens is 318 g/mol. The van der Waals surface area contributed by atoms with E-state index in [2.05, 4.69) is 4.99 Å². The third-order valence-corrected chi connectivity index (χ3v) is 4.31. The fourth-order valence-corrected chi connectivity index (χ4v) is 2.96. The summed E-state index contributed by atoms with van der Waals surface area (Å²) in [6, 6.07) is 14.8. The third kappa shape index (κ3) is 3.82. The quantitative estimate of drug-likeness (QED) is 0.757. The molecule has 5 nitrogen and oxygen atoms in total. The summed E-state index contributed by atoms with van der Waals surface area (Å²) in [6.07, 6.45) is 2.48. The molecule has 1 aliphatic heterocycles. The van der Waals surface area contributed by atoms with Crippen molar-refractivity contribution in [2.45, 2.75) is 25.0 Å². The summed E-state index contributed by atoms with van der Waals surface area (Å²) in [5.74, 6) is 0.942. The first-order valence-electron chi connectivity index (χ1n) is 8.17. The van der Waals surface area contributed by atoms with Crippen molar-refractivity contribution in [2.75, 3.05) is 14.2 Å². The SMILES string of the molecule is COc1ccc(C2CC=N[C@@H]2C(=O)OCc2ccccc2)cc1OC. The number of ether oxygens (including phenoxy) is 3. The second-order valence-electron chi connectivity index (χ2n) is 5.83. The van der Waals surface area contributed by atoms with E-state index in [1.165, 1.54) is 0 Å². The molecular formula is C20H21NO4. The van der Waals surface area contributed by atoms with Crippen LogP contribution < -0.4 is 9.47 Å². The molecule has 0 bridgehead atoms. The number of hydrogen-bond acceptors (Lipinski definition) is 5. The highest BCUT2D eigenvalue weighted by Crippen LogP contribution is 2.35. The molecule has 2 atom stereocenters. The van der Waals surface area contributed by atoms with Crippen molar-refractivity contribution in [1.82, 2.24) is 0 Å². The van der Waals surface area contributed by atoms with E-state index in [4.69, 9.17) is 14.2 Å². The van der Waals surface area contributed by atoms with Gasteiger partial charge in [-0.3, -0.25) is 4.99 Å². The third-order valence-electron chi connectivity index (χ3n) is 4.31. The summed E-state index contributed by atoms with van der Waals surface area (Å²) >= 11 is 0. The summed E-state index contributed by atoms with van der Waals surface area (Å²) in [7, 11) is 3.19. The topological polar surface area (TPSA) is 57.1 Å². The lowest BCUT2D eigenvalue weighted by molar-refractivity contribution is -0.146. The molecule has 0 aliphatic carbocycles. The molecule has 1 aliphatic rings. The number of carbonyl (C=O) groups excluding carboxylic acids is 1. The number of nitrogens with zero attached hydrogens (tertiary/aromatic N) is 1. The molecule has 3 rings (SSSR count). The van der Waals surface area contributed by atoms with Gasteiger partial charge in [0.2, 0.25) is 0 Å². The first-order chi connectivity index (χ1) is 12.2. The molecule has 0 spiro atoms. The van der Waals surface area contributed by atoms with Crippen LogP contribution in [0.5, 0.6) is 11.5 Å². The van der Waals surface area contributed by atoms with Gasteiger partial charge in [-0.05, 0) is 29.7 Å². The lowest BCUT2D eigenvalue weighted by atomic mass is 9.91. The molecule has 1 heterocycles. The van der Waals surface area contributed by atoms with E-state index < -0.39 is 6.04 Å². The van der Waals surface area contributed by atoms with E-state index in [1.807, 2.05) is 48.5 Å². The standard InChI is InChI=1S/C20H21NO4/c1-23-17-9-8-15(12-18(17)24-2)16-10-11-21-19(16)20(22)25-13-14-6-4-3-5-7-14/h3-9,11-12,16,19H,10,13H2,1-2H3/t16?,19-/m0/s1. The molecule has 5 heteroatoms. The summed E-state index contributed by atoms with van der Waals surface area (Å²) < 4.78 is 16.1. The van der Waals surface area contributed by atoms with Gasteiger partial charge >= 0.3 is 5.97 Å². The van der Waals surface area contributed by atoms with E-state index in [9.17, 15) is 4.79 Å². The van der Waals surface area contributed by atoms with E-state index in [1.54, 1.807) is 20.4 Å². The van der Waals surface area contributed by atoms with Gasteiger partial charge in [-0.15, -0.1) is 0 Å². The summed E-state index contributed by atoms with van der Waals surface area (Å²) in [6.45, 7) is 0.254. The van der Waals surface area contributed by atoms with Crippen LogP contribution in [0.15, 0.2) is 53.5 Å². The van der Waals surface area contributed by atoms with Gasteiger partial charge in [0.05, 0.1) is 14.2 Å². The second kappa shape index (κ2) is 7.83. The average Bonchev–Trinajstić information content (AvgIpc) is 3.16. The molecule has 130 valence electrons. The summed E-state index contributed by atoms with van der Waals surface area (Å²) in [4.78, 5) is 16.8. The molecule has 0 N–H and O–H groups in total. The normalized spacial score (nSPS) is 18.8. The Morgan fingerprint density at radius 1 is 1.08 bits per heavy atom. The second-order valence-corrected chi connectivity index (χ2v) is 5.83. The van der Waals surface area contributed by atoms with Crippen molar-refractivity contribution in [3.8, 4) is 11.5 Å². The number of carbonyl (C=O) groups is 1. The molecule has 1 unspecified atom stereocenters. The molecule has 0 fully saturated rings. The Bertz CT molecular complexity index is 758. The lowest BCUT2D eigenvalue weighted by Crippen LogP contribution is -2.25. The van der Waals surface area contributed by atoms with Crippen LogP contribution in [0, 0.1) is 0 Å². The van der Waals surface area contributed by atoms with Crippen molar-refractivity contribution in [2.24, 2.45) is 4.99 Å². The largest absolute Gasteiger partial charge is 0.493 e. The van der Waals surface area contributed by atoms with E-state index in [0.29, 0.717) is 17.9 Å². The average molecular weight is 339 g/mol. The van der Waals surface area contributed by atoms with Gasteiger partial charge in [0.25, 0.3) is 0 Å². The Labute approximate surface area is 147 Å². The van der Waals surface area contributed by atoms with Crippen LogP contribution in [0.1, 0.15) is 23.5 Å². The molecule has 0 saturated heterocycles. The van der Waals surface area contributed by atoms with Crippen molar-refractivity contribution in [1.29, 1.82) is 0 Å².